The highest BCUT2D eigenvalue weighted by atomic mass is 32.2. The van der Waals surface area contributed by atoms with Gasteiger partial charge in [0.1, 0.15) is 12.3 Å². The molecule has 110 valence electrons. The number of hydrogen-bond donors (Lipinski definition) is 6. The van der Waals surface area contributed by atoms with Crippen molar-refractivity contribution in [1.82, 2.24) is 10.3 Å². The molecule has 0 amide bonds. The minimum Gasteiger partial charge on any atom is -0.389 e. The quantitative estimate of drug-likeness (QED) is 0.449. The molecule has 1 fully saturated rings. The summed E-state index contributed by atoms with van der Waals surface area (Å²) in [6.07, 6.45) is 3.30. The highest BCUT2D eigenvalue weighted by molar-refractivity contribution is 7.98. The zero-order valence-corrected chi connectivity index (χ0v) is 11.9. The Morgan fingerprint density at radius 2 is 2.20 bits per heavy atom. The molecule has 0 aromatic carbocycles. The van der Waals surface area contributed by atoms with Gasteiger partial charge < -0.3 is 31.6 Å². The van der Waals surface area contributed by atoms with Crippen LogP contribution in [0.15, 0.2) is 11.2 Å². The zero-order chi connectivity index (χ0) is 14.3. The number of anilines is 1. The van der Waals surface area contributed by atoms with Gasteiger partial charge in [-0.2, -0.15) is 11.8 Å². The van der Waals surface area contributed by atoms with Crippen LogP contribution in [0, 0.1) is 0 Å². The van der Waals surface area contributed by atoms with E-state index in [2.05, 4.69) is 20.6 Å². The molecule has 3 rings (SSSR count). The number of aliphatic hydroxyl groups is 2. The molecule has 20 heavy (non-hydrogen) atoms. The standard InChI is InChI=1S/C12H19N5O2S/c1-20-3-6-10(18)11(19)8(17-6)5-2-14-9-7(5)15-4-16-12(9)13/h2,4,6,8,10-12,14,17-19H,3,13H2,1H3,(H,15,16)/t6-,8+,10-,11+,12-/m1/s1. The van der Waals surface area contributed by atoms with E-state index in [0.29, 0.717) is 0 Å². The van der Waals surface area contributed by atoms with E-state index in [1.54, 1.807) is 24.3 Å². The molecule has 0 unspecified atom stereocenters. The summed E-state index contributed by atoms with van der Waals surface area (Å²) in [5, 5.41) is 26.7. The van der Waals surface area contributed by atoms with Crippen molar-refractivity contribution in [3.63, 3.8) is 0 Å². The van der Waals surface area contributed by atoms with Crippen molar-refractivity contribution in [2.45, 2.75) is 30.5 Å². The molecule has 7 nitrogen and oxygen atoms in total. The highest BCUT2D eigenvalue weighted by Gasteiger charge is 2.43. The summed E-state index contributed by atoms with van der Waals surface area (Å²) in [6.45, 7) is 0. The average Bonchev–Trinajstić information content (AvgIpc) is 2.97. The van der Waals surface area contributed by atoms with E-state index < -0.39 is 18.4 Å². The number of H-pyrrole nitrogens is 1. The Bertz CT molecular complexity index is 520. The van der Waals surface area contributed by atoms with E-state index in [1.807, 2.05) is 6.26 Å². The molecule has 2 aliphatic rings. The minimum atomic E-state index is -0.844. The molecule has 1 saturated heterocycles. The van der Waals surface area contributed by atoms with E-state index >= 15 is 0 Å². The Morgan fingerprint density at radius 3 is 2.95 bits per heavy atom. The van der Waals surface area contributed by atoms with Gasteiger partial charge >= 0.3 is 0 Å². The lowest BCUT2D eigenvalue weighted by molar-refractivity contribution is 0.0307. The van der Waals surface area contributed by atoms with E-state index in [9.17, 15) is 10.2 Å². The fourth-order valence-corrected chi connectivity index (χ4v) is 3.47. The summed E-state index contributed by atoms with van der Waals surface area (Å²) >= 11 is 1.63. The van der Waals surface area contributed by atoms with Crippen molar-refractivity contribution in [1.29, 1.82) is 0 Å². The second kappa shape index (κ2) is 5.38. The van der Waals surface area contributed by atoms with Gasteiger partial charge in [0.05, 0.1) is 29.9 Å². The van der Waals surface area contributed by atoms with Crippen molar-refractivity contribution in [2.75, 3.05) is 17.3 Å². The average molecular weight is 297 g/mol. The van der Waals surface area contributed by atoms with Crippen LogP contribution in [0.25, 0.3) is 0 Å². The first-order valence-electron chi connectivity index (χ1n) is 6.49. The third-order valence-corrected chi connectivity index (χ3v) is 4.55. The number of hydrogen-bond acceptors (Lipinski definition) is 7. The van der Waals surface area contributed by atoms with Gasteiger partial charge in [-0.15, -0.1) is 0 Å². The van der Waals surface area contributed by atoms with E-state index in [-0.39, 0.29) is 12.1 Å². The van der Waals surface area contributed by atoms with E-state index in [4.69, 9.17) is 5.73 Å². The molecule has 0 spiro atoms. The van der Waals surface area contributed by atoms with Crippen LogP contribution in [0.4, 0.5) is 5.69 Å². The number of nitrogens with zero attached hydrogens (tertiary/aromatic N) is 1. The number of aromatic amines is 1. The SMILES string of the molecule is CSC[C@H]1N[C@@H](c2c[nH]c3c2NC=N[C@H]3N)[C@H](O)[C@@H]1O. The summed E-state index contributed by atoms with van der Waals surface area (Å²) in [5.74, 6) is 0.746. The Hall–Kier alpha value is -1.06. The predicted octanol–water partition coefficient (Wildman–Crippen LogP) is -0.476. The van der Waals surface area contributed by atoms with Gasteiger partial charge in [0.2, 0.25) is 0 Å². The van der Waals surface area contributed by atoms with Gasteiger partial charge in [0, 0.05) is 23.6 Å². The summed E-state index contributed by atoms with van der Waals surface area (Å²) in [6, 6.07) is -0.449. The third kappa shape index (κ3) is 2.13. The van der Waals surface area contributed by atoms with Crippen LogP contribution in [0.2, 0.25) is 0 Å². The summed E-state index contributed by atoms with van der Waals surface area (Å²) in [7, 11) is 0. The van der Waals surface area contributed by atoms with Crippen LogP contribution >= 0.6 is 11.8 Å². The van der Waals surface area contributed by atoms with Crippen molar-refractivity contribution >= 4 is 23.8 Å². The number of aromatic nitrogens is 1. The van der Waals surface area contributed by atoms with Crippen molar-refractivity contribution < 1.29 is 10.2 Å². The lowest BCUT2D eigenvalue weighted by Gasteiger charge is -2.19. The maximum atomic E-state index is 10.3. The van der Waals surface area contributed by atoms with Crippen LogP contribution in [0.3, 0.4) is 0 Å². The van der Waals surface area contributed by atoms with Gasteiger partial charge in [-0.3, -0.25) is 4.99 Å². The van der Waals surface area contributed by atoms with E-state index in [0.717, 1.165) is 22.7 Å². The molecule has 2 aliphatic heterocycles. The maximum absolute atomic E-state index is 10.3. The Labute approximate surface area is 121 Å². The molecule has 3 heterocycles. The van der Waals surface area contributed by atoms with Crippen LogP contribution in [0.5, 0.6) is 0 Å². The van der Waals surface area contributed by atoms with Gasteiger partial charge in [-0.1, -0.05) is 0 Å². The van der Waals surface area contributed by atoms with Crippen LogP contribution in [-0.2, 0) is 0 Å². The molecule has 5 atom stereocenters. The van der Waals surface area contributed by atoms with Crippen LogP contribution < -0.4 is 16.4 Å². The van der Waals surface area contributed by atoms with Crippen molar-refractivity contribution in [3.05, 3.63) is 17.5 Å². The Morgan fingerprint density at radius 1 is 1.40 bits per heavy atom. The first-order chi connectivity index (χ1) is 9.63. The molecule has 0 aliphatic carbocycles. The zero-order valence-electron chi connectivity index (χ0n) is 11.1. The Balaban J connectivity index is 1.88. The molecular formula is C12H19N5O2S. The molecule has 0 bridgehead atoms. The number of nitrogens with one attached hydrogen (secondary N) is 3. The fourth-order valence-electron chi connectivity index (χ4n) is 2.81. The lowest BCUT2D eigenvalue weighted by Crippen LogP contribution is -2.34. The number of thioether (sulfide) groups is 1. The number of nitrogens with two attached hydrogens (primary N) is 1. The van der Waals surface area contributed by atoms with Crippen molar-refractivity contribution in [2.24, 2.45) is 10.7 Å². The van der Waals surface area contributed by atoms with Crippen molar-refractivity contribution in [3.8, 4) is 0 Å². The minimum absolute atomic E-state index is 0.124. The molecule has 8 heteroatoms. The topological polar surface area (TPSA) is 119 Å². The van der Waals surface area contributed by atoms with Crippen LogP contribution in [-0.4, -0.2) is 51.8 Å². The summed E-state index contributed by atoms with van der Waals surface area (Å²) < 4.78 is 0. The number of aliphatic imine (C=N–C) groups is 1. The molecule has 1 aromatic rings. The van der Waals surface area contributed by atoms with Gasteiger partial charge in [-0.05, 0) is 6.26 Å². The smallest absolute Gasteiger partial charge is 0.141 e. The maximum Gasteiger partial charge on any atom is 0.141 e. The molecule has 7 N–H and O–H groups in total. The summed E-state index contributed by atoms with van der Waals surface area (Å²) in [4.78, 5) is 7.16. The lowest BCUT2D eigenvalue weighted by atomic mass is 10.0. The van der Waals surface area contributed by atoms with Crippen LogP contribution in [0.1, 0.15) is 23.5 Å². The number of aliphatic hydroxyl groups excluding tert-OH is 2. The monoisotopic (exact) mass is 297 g/mol. The van der Waals surface area contributed by atoms with Gasteiger partial charge in [0.25, 0.3) is 0 Å². The summed E-state index contributed by atoms with van der Waals surface area (Å²) in [5.41, 5.74) is 8.39. The number of rotatable bonds is 3. The molecule has 0 radical (unpaired) electrons. The second-order valence-electron chi connectivity index (χ2n) is 5.09. The predicted molar refractivity (Wildman–Crippen MR) is 79.9 cm³/mol. The van der Waals surface area contributed by atoms with E-state index in [1.165, 1.54) is 0 Å². The highest BCUT2D eigenvalue weighted by Crippen LogP contribution is 2.37. The largest absolute Gasteiger partial charge is 0.389 e. The Kier molecular flexibility index (Phi) is 3.74. The first kappa shape index (κ1) is 13.9. The normalized spacial score (nSPS) is 35.9. The van der Waals surface area contributed by atoms with Gasteiger partial charge in [-0.25, -0.2) is 0 Å². The third-order valence-electron chi connectivity index (χ3n) is 3.86. The molecule has 0 saturated carbocycles. The second-order valence-corrected chi connectivity index (χ2v) is 6.00. The fraction of sp³-hybridized carbons (Fsp3) is 0.583. The number of fused-ring (bicyclic) bond motifs is 1. The molecule has 1 aromatic heterocycles. The molecular weight excluding hydrogens is 278 g/mol. The first-order valence-corrected chi connectivity index (χ1v) is 7.89. The van der Waals surface area contributed by atoms with Gasteiger partial charge in [0.15, 0.2) is 0 Å².